The normalized spacial score (nSPS) is 35.3. The average Bonchev–Trinajstić information content (AvgIpc) is 3.01. The minimum absolute atomic E-state index is 0.0847. The fourth-order valence-electron chi connectivity index (χ4n) is 4.92. The molecule has 0 spiro atoms. The van der Waals surface area contributed by atoms with Crippen molar-refractivity contribution in [3.05, 3.63) is 35.4 Å². The molecule has 4 aliphatic rings. The number of nitrogens with zero attached hydrogens (tertiary/aromatic N) is 3. The first-order valence-electron chi connectivity index (χ1n) is 8.69. The summed E-state index contributed by atoms with van der Waals surface area (Å²) in [7, 11) is -0.578. The van der Waals surface area contributed by atoms with Gasteiger partial charge in [-0.3, -0.25) is 4.90 Å². The van der Waals surface area contributed by atoms with E-state index in [0.29, 0.717) is 5.56 Å². The fourth-order valence-corrected chi connectivity index (χ4v) is 6.30. The Labute approximate surface area is 147 Å². The first kappa shape index (κ1) is 17.3. The van der Waals surface area contributed by atoms with Crippen molar-refractivity contribution in [2.24, 2.45) is 5.92 Å². The molecule has 2 bridgehead atoms. The zero-order valence-electron chi connectivity index (χ0n) is 14.4. The lowest BCUT2D eigenvalue weighted by Crippen LogP contribution is -2.61. The average molecular weight is 371 g/mol. The van der Waals surface area contributed by atoms with Crippen molar-refractivity contribution in [2.75, 3.05) is 33.7 Å². The van der Waals surface area contributed by atoms with Gasteiger partial charge < -0.3 is 0 Å². The van der Waals surface area contributed by atoms with Crippen LogP contribution < -0.4 is 0 Å². The van der Waals surface area contributed by atoms with Gasteiger partial charge in [0.25, 0.3) is 10.2 Å². The first-order valence-corrected chi connectivity index (χ1v) is 10.1. The second-order valence-corrected chi connectivity index (χ2v) is 9.56. The van der Waals surface area contributed by atoms with Gasteiger partial charge in [-0.05, 0) is 43.5 Å². The van der Waals surface area contributed by atoms with Gasteiger partial charge in [0, 0.05) is 38.6 Å². The zero-order chi connectivity index (χ0) is 17.9. The predicted octanol–water partition coefficient (Wildman–Crippen LogP) is 1.63. The summed E-state index contributed by atoms with van der Waals surface area (Å²) in [5.41, 5.74) is 0.291. The second-order valence-electron chi connectivity index (χ2n) is 7.46. The molecule has 0 aliphatic carbocycles. The Morgan fingerprint density at radius 2 is 1.80 bits per heavy atom. The molecule has 4 heterocycles. The number of fused-ring (bicyclic) bond motifs is 2. The van der Waals surface area contributed by atoms with E-state index < -0.39 is 21.8 Å². The third-order valence-electron chi connectivity index (χ3n) is 6.09. The quantitative estimate of drug-likeness (QED) is 0.811. The van der Waals surface area contributed by atoms with Gasteiger partial charge in [0.2, 0.25) is 0 Å². The van der Waals surface area contributed by atoms with E-state index in [2.05, 4.69) is 4.90 Å². The first-order chi connectivity index (χ1) is 11.8. The van der Waals surface area contributed by atoms with Gasteiger partial charge in [0.15, 0.2) is 11.6 Å². The second kappa shape index (κ2) is 5.97. The molecular weight excluding hydrogens is 348 g/mol. The highest BCUT2D eigenvalue weighted by molar-refractivity contribution is 7.86. The van der Waals surface area contributed by atoms with Gasteiger partial charge in [-0.1, -0.05) is 12.1 Å². The highest BCUT2D eigenvalue weighted by atomic mass is 32.2. The molecule has 0 unspecified atom stereocenters. The van der Waals surface area contributed by atoms with Gasteiger partial charge in [-0.2, -0.15) is 17.0 Å². The molecule has 1 aromatic rings. The van der Waals surface area contributed by atoms with Crippen LogP contribution in [0.15, 0.2) is 18.2 Å². The van der Waals surface area contributed by atoms with Crippen molar-refractivity contribution in [1.29, 1.82) is 0 Å². The minimum Gasteiger partial charge on any atom is -0.298 e. The van der Waals surface area contributed by atoms with Gasteiger partial charge >= 0.3 is 0 Å². The Morgan fingerprint density at radius 1 is 1.12 bits per heavy atom. The molecule has 1 aromatic carbocycles. The third-order valence-corrected chi connectivity index (χ3v) is 8.00. The highest BCUT2D eigenvalue weighted by Crippen LogP contribution is 2.48. The summed E-state index contributed by atoms with van der Waals surface area (Å²) in [6.07, 6.45) is 1.91. The zero-order valence-corrected chi connectivity index (χ0v) is 15.2. The largest absolute Gasteiger partial charge is 0.298 e. The van der Waals surface area contributed by atoms with Crippen molar-refractivity contribution in [3.63, 3.8) is 0 Å². The molecule has 3 atom stereocenters. The lowest BCUT2D eigenvalue weighted by atomic mass is 9.75. The summed E-state index contributed by atoms with van der Waals surface area (Å²) in [6.45, 7) is 1.99. The maximum absolute atomic E-state index is 14.5. The monoisotopic (exact) mass is 371 g/mol. The predicted molar refractivity (Wildman–Crippen MR) is 90.3 cm³/mol. The number of hydrogen-bond donors (Lipinski definition) is 0. The topological polar surface area (TPSA) is 43.9 Å². The molecule has 25 heavy (non-hydrogen) atoms. The Hall–Kier alpha value is -1.09. The van der Waals surface area contributed by atoms with Crippen LogP contribution >= 0.6 is 0 Å². The van der Waals surface area contributed by atoms with Crippen molar-refractivity contribution < 1.29 is 17.2 Å². The maximum atomic E-state index is 14.5. The Kier molecular flexibility index (Phi) is 4.14. The smallest absolute Gasteiger partial charge is 0.281 e. The van der Waals surface area contributed by atoms with E-state index in [0.717, 1.165) is 32.0 Å². The van der Waals surface area contributed by atoms with Gasteiger partial charge in [-0.15, -0.1) is 0 Å². The maximum Gasteiger partial charge on any atom is 0.281 e. The molecule has 0 saturated carbocycles. The van der Waals surface area contributed by atoms with Crippen LogP contribution in [0.2, 0.25) is 0 Å². The van der Waals surface area contributed by atoms with Crippen molar-refractivity contribution in [1.82, 2.24) is 13.5 Å². The van der Waals surface area contributed by atoms with Crippen LogP contribution in [0.4, 0.5) is 8.78 Å². The van der Waals surface area contributed by atoms with E-state index in [4.69, 9.17) is 0 Å². The van der Waals surface area contributed by atoms with E-state index in [9.17, 15) is 17.2 Å². The van der Waals surface area contributed by atoms with Gasteiger partial charge in [-0.25, -0.2) is 8.78 Å². The highest BCUT2D eigenvalue weighted by Gasteiger charge is 2.57. The molecule has 0 aromatic heterocycles. The molecular formula is C17H23F2N3O2S. The van der Waals surface area contributed by atoms with Crippen LogP contribution in [-0.4, -0.2) is 67.7 Å². The molecule has 0 radical (unpaired) electrons. The van der Waals surface area contributed by atoms with Crippen LogP contribution in [0.25, 0.3) is 0 Å². The van der Waals surface area contributed by atoms with E-state index in [1.165, 1.54) is 28.8 Å². The molecule has 5 rings (SSSR count). The van der Waals surface area contributed by atoms with Crippen LogP contribution in [0.1, 0.15) is 24.3 Å². The molecule has 4 fully saturated rings. The van der Waals surface area contributed by atoms with Gasteiger partial charge in [0.05, 0.1) is 0 Å². The van der Waals surface area contributed by atoms with Crippen molar-refractivity contribution >= 4 is 10.2 Å². The summed E-state index contributed by atoms with van der Waals surface area (Å²) in [6, 6.07) is 3.95. The molecule has 138 valence electrons. The molecule has 4 saturated heterocycles. The van der Waals surface area contributed by atoms with Crippen molar-refractivity contribution in [3.8, 4) is 0 Å². The Bertz CT molecular complexity index is 778. The molecule has 0 N–H and O–H groups in total. The van der Waals surface area contributed by atoms with E-state index in [1.807, 2.05) is 0 Å². The van der Waals surface area contributed by atoms with Crippen LogP contribution in [0, 0.1) is 17.6 Å². The fraction of sp³-hybridized carbons (Fsp3) is 0.647. The Balaban J connectivity index is 1.80. The van der Waals surface area contributed by atoms with Crippen LogP contribution in [-0.2, 0) is 10.2 Å². The molecule has 4 aliphatic heterocycles. The van der Waals surface area contributed by atoms with E-state index in [-0.39, 0.29) is 30.5 Å². The lowest BCUT2D eigenvalue weighted by molar-refractivity contribution is 0.0111. The molecule has 0 amide bonds. The molecule has 5 nitrogen and oxygen atoms in total. The van der Waals surface area contributed by atoms with E-state index >= 15 is 0 Å². The summed E-state index contributed by atoms with van der Waals surface area (Å²) < 4.78 is 56.7. The van der Waals surface area contributed by atoms with E-state index in [1.54, 1.807) is 6.07 Å². The van der Waals surface area contributed by atoms with Crippen molar-refractivity contribution in [2.45, 2.75) is 30.8 Å². The number of piperidine rings is 3. The van der Waals surface area contributed by atoms with Crippen LogP contribution in [0.5, 0.6) is 0 Å². The molecule has 8 heteroatoms. The summed E-state index contributed by atoms with van der Waals surface area (Å²) in [5.74, 6) is -1.79. The summed E-state index contributed by atoms with van der Waals surface area (Å²) in [5, 5.41) is 0. The summed E-state index contributed by atoms with van der Waals surface area (Å²) in [4.78, 5) is 2.27. The number of rotatable bonds is 3. The summed E-state index contributed by atoms with van der Waals surface area (Å²) >= 11 is 0. The van der Waals surface area contributed by atoms with Gasteiger partial charge in [0.1, 0.15) is 0 Å². The lowest BCUT2D eigenvalue weighted by Gasteiger charge is -2.51. The Morgan fingerprint density at radius 3 is 2.44 bits per heavy atom. The number of halogens is 2. The number of benzene rings is 1. The van der Waals surface area contributed by atoms with Crippen LogP contribution in [0.3, 0.4) is 0 Å². The minimum atomic E-state index is -3.61. The standard InChI is InChI=1S/C17H23F2N3O2S/c1-20(2)25(23,24)22-10-13(12-4-3-5-14(18)15(12)19)17-16(22)11-6-8-21(17)9-7-11/h3-5,11,13,16-17H,6-10H2,1-2H3/t13-,16+,17+/m1/s1. The third kappa shape index (κ3) is 2.53. The number of hydrogen-bond acceptors (Lipinski definition) is 3. The SMILES string of the molecule is CN(C)S(=O)(=O)N1C[C@H](c2cccc(F)c2F)[C@H]2[C@@H]1C1CCN2CC1.